The maximum absolute atomic E-state index is 14.3. The Hall–Kier alpha value is -7.39. The molecule has 5 heterocycles. The van der Waals surface area contributed by atoms with Crippen LogP contribution in [0.5, 0.6) is 23.0 Å². The van der Waals surface area contributed by atoms with Gasteiger partial charge in [-0.1, -0.05) is 58.0 Å². The van der Waals surface area contributed by atoms with Gasteiger partial charge in [-0.3, -0.25) is 33.6 Å². The highest BCUT2D eigenvalue weighted by atomic mass is 33.1. The van der Waals surface area contributed by atoms with E-state index in [0.717, 1.165) is 45.7 Å². The summed E-state index contributed by atoms with van der Waals surface area (Å²) in [6, 6.07) is 28.6. The van der Waals surface area contributed by atoms with Crippen LogP contribution in [0.4, 0.5) is 28.4 Å². The molecule has 5 aromatic rings. The third-order valence-corrected chi connectivity index (χ3v) is 20.3. The second kappa shape index (κ2) is 28.4. The average Bonchev–Trinajstić information content (AvgIpc) is 2.07. The second-order valence-corrected chi connectivity index (χ2v) is 27.0. The minimum Gasteiger partial charge on any atom is -0.493 e. The van der Waals surface area contributed by atoms with Crippen LogP contribution in [0.3, 0.4) is 0 Å². The molecule has 0 aromatic heterocycles. The van der Waals surface area contributed by atoms with Crippen LogP contribution in [0.25, 0.3) is 0 Å². The predicted octanol–water partition coefficient (Wildman–Crippen LogP) is 8.83. The van der Waals surface area contributed by atoms with Crippen LogP contribution < -0.4 is 39.0 Å². The van der Waals surface area contributed by atoms with Crippen molar-refractivity contribution in [1.29, 1.82) is 0 Å². The quantitative estimate of drug-likeness (QED) is 0.0188. The number of ether oxygens (including phenoxy) is 7. The van der Waals surface area contributed by atoms with Crippen LogP contribution >= 0.6 is 21.6 Å². The molecule has 0 spiro atoms. The van der Waals surface area contributed by atoms with Gasteiger partial charge in [-0.05, 0) is 104 Å². The molecule has 10 rings (SSSR count). The van der Waals surface area contributed by atoms with Gasteiger partial charge in [0, 0.05) is 91.9 Å². The molecule has 2 unspecified atom stereocenters. The van der Waals surface area contributed by atoms with Gasteiger partial charge >= 0.3 is 5.97 Å². The van der Waals surface area contributed by atoms with Crippen LogP contribution in [0.1, 0.15) is 88.9 Å². The number of hydrogen-bond donors (Lipinski definition) is 2. The fourth-order valence-electron chi connectivity index (χ4n) is 11.3. The number of carbonyl (C=O) groups excluding carboxylic acids is 5. The summed E-state index contributed by atoms with van der Waals surface area (Å²) in [5.74, 6) is -1.58. The van der Waals surface area contributed by atoms with Gasteiger partial charge in [0.2, 0.25) is 0 Å². The number of nitrogens with zero attached hydrogens (tertiary/aromatic N) is 5. The average molecular weight is 1270 g/mol. The fraction of sp³-hybridized carbons (Fsp3) is 0.429. The lowest BCUT2D eigenvalue weighted by molar-refractivity contribution is -0.197. The Kier molecular flexibility index (Phi) is 20.5. The highest BCUT2D eigenvalue weighted by Crippen LogP contribution is 2.44. The maximum atomic E-state index is 14.3. The van der Waals surface area contributed by atoms with E-state index in [1.807, 2.05) is 71.8 Å². The van der Waals surface area contributed by atoms with Crippen molar-refractivity contribution in [2.75, 3.05) is 99.8 Å². The summed E-state index contributed by atoms with van der Waals surface area (Å²) in [6.45, 7) is 7.82. The highest BCUT2D eigenvalue weighted by Gasteiger charge is 2.41. The van der Waals surface area contributed by atoms with Gasteiger partial charge in [-0.15, -0.1) is 5.06 Å². The van der Waals surface area contributed by atoms with Crippen molar-refractivity contribution in [3.63, 3.8) is 0 Å². The Morgan fingerprint density at radius 2 is 1.36 bits per heavy atom. The molecule has 1 fully saturated rings. The number of carbonyl (C=O) groups is 5. The number of amides is 4. The molecule has 88 heavy (non-hydrogen) atoms. The number of benzene rings is 5. The Morgan fingerprint density at radius 1 is 0.750 bits per heavy atom. The number of fused-ring (bicyclic) bond motifs is 8. The summed E-state index contributed by atoms with van der Waals surface area (Å²) in [7, 11) is 2.56. The van der Waals surface area contributed by atoms with E-state index < -0.39 is 33.2 Å². The minimum atomic E-state index is -4.94. The first-order valence-electron chi connectivity index (χ1n) is 29.1. The number of para-hydroxylation sites is 2. The van der Waals surface area contributed by atoms with Crippen LogP contribution in [-0.4, -0.2) is 156 Å². The number of anilines is 4. The summed E-state index contributed by atoms with van der Waals surface area (Å²) < 4.78 is 76.2. The van der Waals surface area contributed by atoms with Gasteiger partial charge in [0.25, 0.3) is 33.7 Å². The van der Waals surface area contributed by atoms with Gasteiger partial charge in [-0.2, -0.15) is 8.42 Å². The summed E-state index contributed by atoms with van der Waals surface area (Å²) in [6.07, 6.45) is 3.89. The molecule has 1 saturated heterocycles. The third kappa shape index (κ3) is 14.8. The number of rotatable bonds is 30. The van der Waals surface area contributed by atoms with Crippen LogP contribution in [0, 0.1) is 0 Å². The molecule has 4 amide bonds. The molecule has 468 valence electrons. The lowest BCUT2D eigenvalue weighted by atomic mass is 10.1. The van der Waals surface area contributed by atoms with E-state index in [1.165, 1.54) is 28.7 Å². The summed E-state index contributed by atoms with van der Waals surface area (Å²) in [5.41, 5.74) is 8.31. The van der Waals surface area contributed by atoms with Crippen LogP contribution in [0.15, 0.2) is 96.0 Å². The molecule has 0 aliphatic carbocycles. The van der Waals surface area contributed by atoms with E-state index in [4.69, 9.17) is 43.0 Å². The molecular formula is C63H72N6O16S3. The molecule has 5 aromatic carbocycles. The zero-order chi connectivity index (χ0) is 62.1. The molecule has 0 bridgehead atoms. The van der Waals surface area contributed by atoms with Gasteiger partial charge in [0.1, 0.15) is 13.2 Å². The molecule has 0 saturated carbocycles. The molecule has 5 aliphatic heterocycles. The minimum absolute atomic E-state index is 0.0672. The smallest absolute Gasteiger partial charge is 0.353 e. The zero-order valence-electron chi connectivity index (χ0n) is 49.7. The third-order valence-electron chi connectivity index (χ3n) is 15.7. The SMILES string of the molecule is COCCOCCOCCN(CCCC(C)(C)SSCCC(C(=O)ON1C(=O)CCC1=O)S(=O)(=O)O)c1cc(COc2cc3c(cc2OC)C(=O)N2c4ccccc4CC2C=N3)cc(COc2cc3c(cc2OC)C(=O)N2c4ccccc4C[C@H]2CN3)c1. The van der Waals surface area contributed by atoms with Crippen molar-refractivity contribution in [1.82, 2.24) is 5.06 Å². The fourth-order valence-corrected chi connectivity index (χ4v) is 14.9. The van der Waals surface area contributed by atoms with E-state index in [1.54, 1.807) is 37.3 Å². The van der Waals surface area contributed by atoms with E-state index in [9.17, 15) is 36.9 Å². The maximum Gasteiger partial charge on any atom is 0.353 e. The number of nitrogens with one attached hydrogen (secondary N) is 1. The van der Waals surface area contributed by atoms with Gasteiger partial charge < -0.3 is 53.1 Å². The lowest BCUT2D eigenvalue weighted by Gasteiger charge is -2.29. The number of aliphatic imine (C=N–C) groups is 1. The number of hydrogen-bond acceptors (Lipinski definition) is 20. The molecule has 25 heteroatoms. The van der Waals surface area contributed by atoms with Crippen molar-refractivity contribution >= 4 is 96.0 Å². The van der Waals surface area contributed by atoms with Gasteiger partial charge in [-0.25, -0.2) is 4.79 Å². The van der Waals surface area contributed by atoms with Crippen molar-refractivity contribution in [2.45, 2.75) is 94.1 Å². The summed E-state index contributed by atoms with van der Waals surface area (Å²) >= 11 is 0. The molecule has 0 radical (unpaired) electrons. The largest absolute Gasteiger partial charge is 0.493 e. The van der Waals surface area contributed by atoms with Crippen LogP contribution in [-0.2, 0) is 69.6 Å². The van der Waals surface area contributed by atoms with Gasteiger partial charge in [0.05, 0.1) is 81.8 Å². The van der Waals surface area contributed by atoms with Crippen molar-refractivity contribution in [2.24, 2.45) is 4.99 Å². The Balaban J connectivity index is 0.890. The predicted molar refractivity (Wildman–Crippen MR) is 335 cm³/mol. The first kappa shape index (κ1) is 63.6. The topological polar surface area (TPSA) is 251 Å². The Labute approximate surface area is 519 Å². The van der Waals surface area contributed by atoms with Gasteiger partial charge in [0.15, 0.2) is 28.2 Å². The van der Waals surface area contributed by atoms with Crippen molar-refractivity contribution < 1.29 is 74.9 Å². The standard InChI is InChI=1S/C63H72N6O16S3/c1-63(2,87-86-26-17-57(88(75,76)77)62(74)85-69-58(70)15-16-59(69)71)18-10-19-66(20-21-81-24-25-82-23-22-78-3)44-28-40(38-83-55-34-49-47(32-53(55)79-4)60(72)67-45(36-64-49)30-42-11-6-8-13-51(42)67)27-41(29-44)39-84-56-35-50-48(33-54(56)80-5)61(73)68-46(37-65-50)31-43-12-7-9-14-52(43)68/h6-9,11-14,27-29,32-36,45-46,57,65H,10,15-26,30-31,37-39H2,1-5H3,(H,75,76,77)/t45?,46-,57?/m0/s1. The van der Waals surface area contributed by atoms with E-state index in [2.05, 4.69) is 36.2 Å². The normalized spacial score (nSPS) is 17.0. The number of imide groups is 1. The van der Waals surface area contributed by atoms with Crippen molar-refractivity contribution in [3.05, 3.63) is 124 Å². The summed E-state index contributed by atoms with van der Waals surface area (Å²) in [5, 5.41) is 1.78. The number of methoxy groups -OCH3 is 3. The first-order valence-corrected chi connectivity index (χ1v) is 32.9. The molecule has 3 atom stereocenters. The first-order chi connectivity index (χ1) is 42.4. The molecule has 2 N–H and O–H groups in total. The molecular weight excluding hydrogens is 1190 g/mol. The lowest BCUT2D eigenvalue weighted by Crippen LogP contribution is -2.39. The monoisotopic (exact) mass is 1260 g/mol. The summed E-state index contributed by atoms with van der Waals surface area (Å²) in [4.78, 5) is 81.1. The van der Waals surface area contributed by atoms with E-state index in [0.29, 0.717) is 117 Å². The Morgan fingerprint density at radius 3 is 2.03 bits per heavy atom. The highest BCUT2D eigenvalue weighted by molar-refractivity contribution is 8.77. The van der Waals surface area contributed by atoms with E-state index >= 15 is 0 Å². The molecule has 22 nitrogen and oxygen atoms in total. The number of hydroxylamine groups is 2. The zero-order valence-corrected chi connectivity index (χ0v) is 52.2. The molecule has 5 aliphatic rings. The second-order valence-electron chi connectivity index (χ2n) is 22.3. The van der Waals surface area contributed by atoms with Crippen molar-refractivity contribution in [3.8, 4) is 23.0 Å². The Bertz CT molecular complexity index is 3550. The van der Waals surface area contributed by atoms with Crippen LogP contribution in [0.2, 0.25) is 0 Å². The van der Waals surface area contributed by atoms with E-state index in [-0.39, 0.29) is 71.9 Å².